The van der Waals surface area contributed by atoms with Crippen LogP contribution in [0, 0.1) is 0 Å². The van der Waals surface area contributed by atoms with E-state index in [1.165, 1.54) is 22.4 Å². The number of nitrogens with zero attached hydrogens (tertiary/aromatic N) is 2. The molecule has 0 atom stereocenters. The van der Waals surface area contributed by atoms with Gasteiger partial charge in [0, 0.05) is 60.8 Å². The number of aldehydes is 1. The predicted molar refractivity (Wildman–Crippen MR) is 123 cm³/mol. The van der Waals surface area contributed by atoms with E-state index in [9.17, 15) is 9.59 Å². The van der Waals surface area contributed by atoms with Crippen LogP contribution in [-0.2, 0) is 17.9 Å². The van der Waals surface area contributed by atoms with Crippen LogP contribution in [0.4, 0.5) is 11.4 Å². The third-order valence-corrected chi connectivity index (χ3v) is 6.48. The Morgan fingerprint density at radius 1 is 1.13 bits per heavy atom. The highest BCUT2D eigenvalue weighted by Crippen LogP contribution is 2.39. The minimum Gasteiger partial charge on any atom is -0.385 e. The smallest absolute Gasteiger partial charge is 0.250 e. The molecule has 5 nitrogen and oxygen atoms in total. The van der Waals surface area contributed by atoms with Gasteiger partial charge in [0.2, 0.25) is 0 Å². The van der Waals surface area contributed by atoms with Crippen molar-refractivity contribution in [1.82, 2.24) is 4.90 Å². The summed E-state index contributed by atoms with van der Waals surface area (Å²) in [5, 5.41) is 3.29. The first-order valence-electron chi connectivity index (χ1n) is 11.1. The van der Waals surface area contributed by atoms with Crippen LogP contribution in [0.15, 0.2) is 65.4 Å². The molecule has 0 aromatic heterocycles. The highest BCUT2D eigenvalue weighted by atomic mass is 16.2. The molecule has 0 spiro atoms. The molecule has 2 aromatic carbocycles. The number of allylic oxidation sites excluding steroid dienone is 3. The van der Waals surface area contributed by atoms with E-state index in [4.69, 9.17) is 0 Å². The summed E-state index contributed by atoms with van der Waals surface area (Å²) in [6.07, 6.45) is 5.75. The fourth-order valence-corrected chi connectivity index (χ4v) is 4.95. The van der Waals surface area contributed by atoms with E-state index in [1.807, 2.05) is 36.1 Å². The lowest BCUT2D eigenvalue weighted by Crippen LogP contribution is -2.29. The van der Waals surface area contributed by atoms with Gasteiger partial charge < -0.3 is 15.1 Å². The fraction of sp³-hybridized carbons (Fsp3) is 0.308. The first-order valence-corrected chi connectivity index (χ1v) is 11.1. The summed E-state index contributed by atoms with van der Waals surface area (Å²) in [7, 11) is 0. The molecule has 0 radical (unpaired) electrons. The number of carbonyl (C=O) groups excluding carboxylic acids is 2. The Kier molecular flexibility index (Phi) is 5.10. The molecule has 1 aliphatic carbocycles. The molecular weight excluding hydrogens is 386 g/mol. The Balaban J connectivity index is 1.36. The van der Waals surface area contributed by atoms with Gasteiger partial charge in [-0.3, -0.25) is 9.59 Å². The minimum absolute atomic E-state index is 0.148. The standard InChI is InChI=1S/C26H27N3O2/c1-2-27-24-14-23(10-9-21(24)17-30)29-11-5-8-18-12-22(13-25(18)29)26(31)28-15-19-6-3-4-7-20(19)16-28/h3-4,6-7,9-10,12,14,17,27H,2,5,8,11,13,15-16H2,1H3. The van der Waals surface area contributed by atoms with Gasteiger partial charge >= 0.3 is 0 Å². The van der Waals surface area contributed by atoms with Gasteiger partial charge in [0.25, 0.3) is 5.91 Å². The van der Waals surface area contributed by atoms with E-state index >= 15 is 0 Å². The van der Waals surface area contributed by atoms with Crippen LogP contribution in [0.25, 0.3) is 0 Å². The van der Waals surface area contributed by atoms with Crippen molar-refractivity contribution in [2.24, 2.45) is 0 Å². The molecule has 0 unspecified atom stereocenters. The van der Waals surface area contributed by atoms with Gasteiger partial charge in [-0.2, -0.15) is 0 Å². The Bertz CT molecular complexity index is 1090. The average Bonchev–Trinajstić information content (AvgIpc) is 3.43. The largest absolute Gasteiger partial charge is 0.385 e. The molecule has 2 heterocycles. The second kappa shape index (κ2) is 8.06. The van der Waals surface area contributed by atoms with Crippen molar-refractivity contribution in [3.05, 3.63) is 82.1 Å². The molecule has 5 heteroatoms. The topological polar surface area (TPSA) is 52.7 Å². The SMILES string of the molecule is CCNc1cc(N2CCCC3=C2CC(C(=O)N2Cc4ccccc4C2)=C3)ccc1C=O. The summed E-state index contributed by atoms with van der Waals surface area (Å²) in [4.78, 5) is 29.0. The lowest BCUT2D eigenvalue weighted by atomic mass is 10.0. The number of nitrogens with one attached hydrogen (secondary N) is 1. The third-order valence-electron chi connectivity index (χ3n) is 6.48. The van der Waals surface area contributed by atoms with E-state index in [2.05, 4.69) is 34.5 Å². The number of rotatable bonds is 5. The van der Waals surface area contributed by atoms with E-state index in [-0.39, 0.29) is 5.91 Å². The zero-order chi connectivity index (χ0) is 21.4. The van der Waals surface area contributed by atoms with Crippen LogP contribution in [0.1, 0.15) is 47.7 Å². The van der Waals surface area contributed by atoms with Gasteiger partial charge in [0.15, 0.2) is 6.29 Å². The van der Waals surface area contributed by atoms with E-state index < -0.39 is 0 Å². The Morgan fingerprint density at radius 2 is 1.90 bits per heavy atom. The van der Waals surface area contributed by atoms with E-state index in [0.29, 0.717) is 25.1 Å². The molecular formula is C26H27N3O2. The number of hydrogen-bond acceptors (Lipinski definition) is 4. The summed E-state index contributed by atoms with van der Waals surface area (Å²) in [5.74, 6) is 0.148. The maximum Gasteiger partial charge on any atom is 0.250 e. The maximum absolute atomic E-state index is 13.3. The number of benzene rings is 2. The van der Waals surface area contributed by atoms with Crippen molar-refractivity contribution in [3.8, 4) is 0 Å². The first-order chi connectivity index (χ1) is 15.2. The quantitative estimate of drug-likeness (QED) is 0.725. The van der Waals surface area contributed by atoms with Gasteiger partial charge in [0.1, 0.15) is 0 Å². The maximum atomic E-state index is 13.3. The average molecular weight is 414 g/mol. The predicted octanol–water partition coefficient (Wildman–Crippen LogP) is 4.66. The van der Waals surface area contributed by atoms with Crippen LogP contribution in [-0.4, -0.2) is 30.2 Å². The fourth-order valence-electron chi connectivity index (χ4n) is 4.95. The van der Waals surface area contributed by atoms with Crippen LogP contribution < -0.4 is 10.2 Å². The molecule has 1 N–H and O–H groups in total. The zero-order valence-corrected chi connectivity index (χ0v) is 17.9. The van der Waals surface area contributed by atoms with E-state index in [1.54, 1.807) is 0 Å². The highest BCUT2D eigenvalue weighted by Gasteiger charge is 2.32. The Labute approximate surface area is 183 Å². The van der Waals surface area contributed by atoms with Gasteiger partial charge in [-0.15, -0.1) is 0 Å². The molecule has 1 amide bonds. The van der Waals surface area contributed by atoms with Gasteiger partial charge in [-0.25, -0.2) is 0 Å². The summed E-state index contributed by atoms with van der Waals surface area (Å²) in [6, 6.07) is 14.3. The molecule has 2 aliphatic heterocycles. The van der Waals surface area contributed by atoms with Gasteiger partial charge in [-0.05, 0) is 60.7 Å². The van der Waals surface area contributed by atoms with Crippen LogP contribution in [0.2, 0.25) is 0 Å². The molecule has 2 aromatic rings. The lowest BCUT2D eigenvalue weighted by molar-refractivity contribution is -0.127. The second-order valence-corrected chi connectivity index (χ2v) is 8.42. The minimum atomic E-state index is 0.148. The summed E-state index contributed by atoms with van der Waals surface area (Å²) in [6.45, 7) is 5.10. The zero-order valence-electron chi connectivity index (χ0n) is 17.9. The van der Waals surface area contributed by atoms with Crippen molar-refractivity contribution in [1.29, 1.82) is 0 Å². The van der Waals surface area contributed by atoms with E-state index in [0.717, 1.165) is 49.2 Å². The normalized spacial score (nSPS) is 17.4. The summed E-state index contributed by atoms with van der Waals surface area (Å²) in [5.41, 5.74) is 8.50. The highest BCUT2D eigenvalue weighted by molar-refractivity contribution is 5.96. The molecule has 158 valence electrons. The Hall–Kier alpha value is -3.34. The van der Waals surface area contributed by atoms with Crippen LogP contribution >= 0.6 is 0 Å². The number of anilines is 2. The molecule has 0 saturated heterocycles. The summed E-state index contributed by atoms with van der Waals surface area (Å²) >= 11 is 0. The summed E-state index contributed by atoms with van der Waals surface area (Å²) < 4.78 is 0. The Morgan fingerprint density at radius 3 is 2.61 bits per heavy atom. The van der Waals surface area contributed by atoms with Gasteiger partial charge in [0.05, 0.1) is 0 Å². The van der Waals surface area contributed by atoms with Crippen LogP contribution in [0.5, 0.6) is 0 Å². The molecule has 0 bridgehead atoms. The molecule has 3 aliphatic rings. The molecule has 0 saturated carbocycles. The van der Waals surface area contributed by atoms with Gasteiger partial charge in [-0.1, -0.05) is 24.3 Å². The second-order valence-electron chi connectivity index (χ2n) is 8.42. The van der Waals surface area contributed by atoms with Crippen molar-refractivity contribution in [2.75, 3.05) is 23.3 Å². The third kappa shape index (κ3) is 3.54. The number of amides is 1. The number of carbonyl (C=O) groups is 2. The number of hydrogen-bond donors (Lipinski definition) is 1. The van der Waals surface area contributed by atoms with Crippen molar-refractivity contribution < 1.29 is 9.59 Å². The van der Waals surface area contributed by atoms with Crippen LogP contribution in [0.3, 0.4) is 0 Å². The molecule has 31 heavy (non-hydrogen) atoms. The molecule has 0 fully saturated rings. The first kappa shape index (κ1) is 19.6. The van der Waals surface area contributed by atoms with Crippen molar-refractivity contribution in [2.45, 2.75) is 39.3 Å². The molecule has 5 rings (SSSR count). The van der Waals surface area contributed by atoms with Crippen molar-refractivity contribution in [3.63, 3.8) is 0 Å². The van der Waals surface area contributed by atoms with Crippen molar-refractivity contribution >= 4 is 23.6 Å². The monoisotopic (exact) mass is 413 g/mol. The number of fused-ring (bicyclic) bond motifs is 1. The lowest BCUT2D eigenvalue weighted by Gasteiger charge is -2.32.